The number of carbonyl (C=O) groups excluding carboxylic acids is 1. The van der Waals surface area contributed by atoms with E-state index in [1.54, 1.807) is 37.4 Å². The second kappa shape index (κ2) is 6.18. The highest BCUT2D eigenvalue weighted by Gasteiger charge is 2.18. The number of hydrogen-bond acceptors (Lipinski definition) is 4. The molecule has 110 valence electrons. The third kappa shape index (κ3) is 3.03. The Morgan fingerprint density at radius 3 is 2.24 bits per heavy atom. The largest absolute Gasteiger partial charge is 0.493 e. The molecule has 0 unspecified atom stereocenters. The van der Waals surface area contributed by atoms with Gasteiger partial charge in [0.1, 0.15) is 0 Å². The van der Waals surface area contributed by atoms with Crippen LogP contribution in [0.2, 0.25) is 0 Å². The average Bonchev–Trinajstić information content (AvgIpc) is 2.46. The number of hydrogen-bond donors (Lipinski definition) is 1. The molecule has 0 aliphatic rings. The minimum absolute atomic E-state index is 0.0969. The van der Waals surface area contributed by atoms with E-state index >= 15 is 0 Å². The monoisotopic (exact) mass is 349 g/mol. The number of anilines is 1. The Balaban J connectivity index is 2.53. The van der Waals surface area contributed by atoms with E-state index in [2.05, 4.69) is 15.9 Å². The highest BCUT2D eigenvalue weighted by atomic mass is 79.9. The van der Waals surface area contributed by atoms with Gasteiger partial charge in [-0.25, -0.2) is 0 Å². The van der Waals surface area contributed by atoms with Crippen molar-refractivity contribution in [1.82, 2.24) is 0 Å². The Labute approximate surface area is 132 Å². The van der Waals surface area contributed by atoms with Crippen LogP contribution in [0, 0.1) is 6.92 Å². The van der Waals surface area contributed by atoms with Crippen LogP contribution in [0.15, 0.2) is 34.8 Å². The maximum absolute atomic E-state index is 12.7. The number of halogens is 1. The van der Waals surface area contributed by atoms with Crippen LogP contribution in [0.4, 0.5) is 5.69 Å². The van der Waals surface area contributed by atoms with E-state index in [0.717, 1.165) is 5.56 Å². The number of nitrogens with two attached hydrogens (primary N) is 1. The van der Waals surface area contributed by atoms with Crippen LogP contribution in [0.5, 0.6) is 11.5 Å². The zero-order chi connectivity index (χ0) is 15.6. The van der Waals surface area contributed by atoms with Gasteiger partial charge in [0.2, 0.25) is 0 Å². The van der Waals surface area contributed by atoms with Gasteiger partial charge in [0.25, 0.3) is 0 Å². The Morgan fingerprint density at radius 2 is 1.67 bits per heavy atom. The molecule has 0 saturated heterocycles. The normalized spacial score (nSPS) is 10.3. The number of ketones is 1. The molecule has 0 atom stereocenters. The van der Waals surface area contributed by atoms with Crippen LogP contribution in [0.1, 0.15) is 21.5 Å². The lowest BCUT2D eigenvalue weighted by atomic mass is 9.98. The van der Waals surface area contributed by atoms with Gasteiger partial charge in [0.15, 0.2) is 17.3 Å². The highest BCUT2D eigenvalue weighted by molar-refractivity contribution is 9.10. The molecule has 0 heterocycles. The van der Waals surface area contributed by atoms with Gasteiger partial charge in [0, 0.05) is 21.3 Å². The highest BCUT2D eigenvalue weighted by Crippen LogP contribution is 2.34. The SMILES string of the molecule is COc1cc(Br)c(C(=O)c2ccc(N)cc2C)cc1OC. The summed E-state index contributed by atoms with van der Waals surface area (Å²) in [5.74, 6) is 0.979. The third-order valence-corrected chi connectivity index (χ3v) is 3.87. The van der Waals surface area contributed by atoms with Crippen LogP contribution < -0.4 is 15.2 Å². The van der Waals surface area contributed by atoms with E-state index in [1.165, 1.54) is 7.11 Å². The molecule has 0 saturated carbocycles. The summed E-state index contributed by atoms with van der Waals surface area (Å²) in [5, 5.41) is 0. The molecule has 2 aromatic rings. The van der Waals surface area contributed by atoms with Crippen LogP contribution in [0.25, 0.3) is 0 Å². The molecule has 0 spiro atoms. The first-order valence-corrected chi connectivity index (χ1v) is 7.09. The Bertz CT molecular complexity index is 698. The molecule has 0 radical (unpaired) electrons. The molecule has 0 aliphatic heterocycles. The molecule has 21 heavy (non-hydrogen) atoms. The standard InChI is InChI=1S/C16H16BrNO3/c1-9-6-10(18)4-5-11(9)16(19)12-7-14(20-2)15(21-3)8-13(12)17/h4-8H,18H2,1-3H3. The van der Waals surface area contributed by atoms with Gasteiger partial charge in [0.05, 0.1) is 14.2 Å². The minimum atomic E-state index is -0.0969. The molecule has 0 fully saturated rings. The van der Waals surface area contributed by atoms with Gasteiger partial charge in [-0.2, -0.15) is 0 Å². The Hall–Kier alpha value is -2.01. The van der Waals surface area contributed by atoms with E-state index in [1.807, 2.05) is 6.92 Å². The molecule has 0 amide bonds. The van der Waals surface area contributed by atoms with Crippen LogP contribution in [0.3, 0.4) is 0 Å². The zero-order valence-corrected chi connectivity index (χ0v) is 13.7. The molecule has 5 heteroatoms. The molecular formula is C16H16BrNO3. The first kappa shape index (κ1) is 15.4. The van der Waals surface area contributed by atoms with Gasteiger partial charge >= 0.3 is 0 Å². The summed E-state index contributed by atoms with van der Waals surface area (Å²) in [6.45, 7) is 1.86. The number of methoxy groups -OCH3 is 2. The van der Waals surface area contributed by atoms with Crippen molar-refractivity contribution in [1.29, 1.82) is 0 Å². The molecule has 0 aliphatic carbocycles. The van der Waals surface area contributed by atoms with Crippen molar-refractivity contribution >= 4 is 27.4 Å². The summed E-state index contributed by atoms with van der Waals surface area (Å²) in [7, 11) is 3.09. The summed E-state index contributed by atoms with van der Waals surface area (Å²) in [6, 6.07) is 8.62. The number of aryl methyl sites for hydroxylation is 1. The fourth-order valence-electron chi connectivity index (χ4n) is 2.11. The third-order valence-electron chi connectivity index (χ3n) is 3.21. The number of carbonyl (C=O) groups is 1. The molecule has 0 aromatic heterocycles. The number of ether oxygens (including phenoxy) is 2. The van der Waals surface area contributed by atoms with E-state index in [0.29, 0.717) is 32.8 Å². The lowest BCUT2D eigenvalue weighted by Crippen LogP contribution is -2.06. The van der Waals surface area contributed by atoms with Crippen molar-refractivity contribution in [2.75, 3.05) is 20.0 Å². The summed E-state index contributed by atoms with van der Waals surface area (Å²) in [4.78, 5) is 12.7. The van der Waals surface area contributed by atoms with E-state index in [-0.39, 0.29) is 5.78 Å². The molecule has 2 N–H and O–H groups in total. The molecular weight excluding hydrogens is 334 g/mol. The first-order valence-electron chi connectivity index (χ1n) is 6.30. The summed E-state index contributed by atoms with van der Waals surface area (Å²) >= 11 is 3.41. The van der Waals surface area contributed by atoms with Gasteiger partial charge < -0.3 is 15.2 Å². The predicted molar refractivity (Wildman–Crippen MR) is 86.3 cm³/mol. The molecule has 2 aromatic carbocycles. The second-order valence-electron chi connectivity index (χ2n) is 4.59. The fourth-order valence-corrected chi connectivity index (χ4v) is 2.62. The first-order chi connectivity index (χ1) is 9.97. The summed E-state index contributed by atoms with van der Waals surface area (Å²) < 4.78 is 11.1. The zero-order valence-electron chi connectivity index (χ0n) is 12.1. The quantitative estimate of drug-likeness (QED) is 0.676. The van der Waals surface area contributed by atoms with Crippen molar-refractivity contribution in [3.05, 3.63) is 51.5 Å². The van der Waals surface area contributed by atoms with Crippen molar-refractivity contribution < 1.29 is 14.3 Å². The van der Waals surface area contributed by atoms with E-state index < -0.39 is 0 Å². The average molecular weight is 350 g/mol. The van der Waals surface area contributed by atoms with Crippen molar-refractivity contribution in [2.24, 2.45) is 0 Å². The number of nitrogen functional groups attached to an aromatic ring is 1. The smallest absolute Gasteiger partial charge is 0.194 e. The van der Waals surface area contributed by atoms with Crippen LogP contribution >= 0.6 is 15.9 Å². The predicted octanol–water partition coefficient (Wildman–Crippen LogP) is 3.59. The summed E-state index contributed by atoms with van der Waals surface area (Å²) in [5.41, 5.74) is 8.32. The van der Waals surface area contributed by atoms with Gasteiger partial charge in [-0.15, -0.1) is 0 Å². The maximum Gasteiger partial charge on any atom is 0.194 e. The van der Waals surface area contributed by atoms with Crippen LogP contribution in [-0.2, 0) is 0 Å². The van der Waals surface area contributed by atoms with E-state index in [9.17, 15) is 4.79 Å². The lowest BCUT2D eigenvalue weighted by Gasteiger charge is -2.12. The number of rotatable bonds is 4. The molecule has 4 nitrogen and oxygen atoms in total. The summed E-state index contributed by atoms with van der Waals surface area (Å²) in [6.07, 6.45) is 0. The van der Waals surface area contributed by atoms with Gasteiger partial charge in [-0.1, -0.05) is 0 Å². The fraction of sp³-hybridized carbons (Fsp3) is 0.188. The van der Waals surface area contributed by atoms with Crippen LogP contribution in [-0.4, -0.2) is 20.0 Å². The second-order valence-corrected chi connectivity index (χ2v) is 5.44. The van der Waals surface area contributed by atoms with Crippen molar-refractivity contribution in [2.45, 2.75) is 6.92 Å². The Morgan fingerprint density at radius 1 is 1.05 bits per heavy atom. The van der Waals surface area contributed by atoms with Gasteiger partial charge in [-0.3, -0.25) is 4.79 Å². The van der Waals surface area contributed by atoms with Crippen molar-refractivity contribution in [3.63, 3.8) is 0 Å². The van der Waals surface area contributed by atoms with Gasteiger partial charge in [-0.05, 0) is 58.7 Å². The Kier molecular flexibility index (Phi) is 4.53. The molecule has 0 bridgehead atoms. The molecule has 2 rings (SSSR count). The number of benzene rings is 2. The van der Waals surface area contributed by atoms with E-state index in [4.69, 9.17) is 15.2 Å². The maximum atomic E-state index is 12.7. The topological polar surface area (TPSA) is 61.5 Å². The van der Waals surface area contributed by atoms with Crippen molar-refractivity contribution in [3.8, 4) is 11.5 Å². The minimum Gasteiger partial charge on any atom is -0.493 e. The lowest BCUT2D eigenvalue weighted by molar-refractivity contribution is 0.103.